The summed E-state index contributed by atoms with van der Waals surface area (Å²) in [7, 11) is 0. The Hall–Kier alpha value is -2.91. The van der Waals surface area contributed by atoms with Crippen LogP contribution in [-0.2, 0) is 12.6 Å². The van der Waals surface area contributed by atoms with E-state index in [1.54, 1.807) is 18.2 Å². The molecule has 28 heavy (non-hydrogen) atoms. The van der Waals surface area contributed by atoms with E-state index in [1.807, 2.05) is 6.92 Å². The lowest BCUT2D eigenvalue weighted by Gasteiger charge is -2.12. The zero-order chi connectivity index (χ0) is 20.4. The lowest BCUT2D eigenvalue weighted by atomic mass is 10.1. The molecule has 0 radical (unpaired) electrons. The minimum absolute atomic E-state index is 0.0990. The molecule has 0 atom stereocenters. The highest BCUT2D eigenvalue weighted by Crippen LogP contribution is 2.27. The van der Waals surface area contributed by atoms with Crippen LogP contribution in [0.15, 0.2) is 41.5 Å². The van der Waals surface area contributed by atoms with E-state index < -0.39 is 11.9 Å². The highest BCUT2D eigenvalue weighted by Gasteiger charge is 2.32. The molecular weight excluding hydrogens is 376 g/mol. The quantitative estimate of drug-likeness (QED) is 0.276. The van der Waals surface area contributed by atoms with Crippen molar-refractivity contribution in [3.8, 4) is 0 Å². The third-order valence-corrected chi connectivity index (χ3v) is 3.60. The summed E-state index contributed by atoms with van der Waals surface area (Å²) < 4.78 is 51.5. The second-order valence-electron chi connectivity index (χ2n) is 5.72. The lowest BCUT2D eigenvalue weighted by molar-refractivity contribution is -0.141. The van der Waals surface area contributed by atoms with E-state index >= 15 is 0 Å². The van der Waals surface area contributed by atoms with Crippen LogP contribution in [0.25, 0.3) is 0 Å². The van der Waals surface area contributed by atoms with Gasteiger partial charge in [0.1, 0.15) is 11.5 Å². The van der Waals surface area contributed by atoms with Gasteiger partial charge in [0.2, 0.25) is 5.95 Å². The molecule has 0 aliphatic carbocycles. The van der Waals surface area contributed by atoms with Crippen LogP contribution >= 0.6 is 0 Å². The normalized spacial score (nSPS) is 12.0. The molecular formula is C18H22F4N6. The molecule has 0 aliphatic rings. The number of aromatic nitrogens is 2. The second kappa shape index (κ2) is 10.4. The highest BCUT2D eigenvalue weighted by atomic mass is 19.4. The van der Waals surface area contributed by atoms with Crippen LogP contribution < -0.4 is 16.0 Å². The van der Waals surface area contributed by atoms with Gasteiger partial charge in [-0.1, -0.05) is 18.2 Å². The van der Waals surface area contributed by atoms with Gasteiger partial charge in [-0.25, -0.2) is 14.4 Å². The molecule has 0 aliphatic heterocycles. The van der Waals surface area contributed by atoms with Gasteiger partial charge in [-0.3, -0.25) is 4.99 Å². The molecule has 0 bridgehead atoms. The molecule has 2 rings (SSSR count). The number of nitrogens with zero attached hydrogens (tertiary/aromatic N) is 3. The first-order valence-electron chi connectivity index (χ1n) is 8.80. The van der Waals surface area contributed by atoms with Crippen LogP contribution in [0.1, 0.15) is 18.2 Å². The lowest BCUT2D eigenvalue weighted by Crippen LogP contribution is -2.39. The smallest absolute Gasteiger partial charge is 0.357 e. The number of benzene rings is 1. The zero-order valence-corrected chi connectivity index (χ0v) is 15.4. The molecule has 0 fully saturated rings. The Morgan fingerprint density at radius 1 is 1.11 bits per heavy atom. The Labute approximate surface area is 160 Å². The average molecular weight is 398 g/mol. The van der Waals surface area contributed by atoms with Crippen molar-refractivity contribution in [2.75, 3.05) is 31.5 Å². The molecule has 0 spiro atoms. The molecule has 0 saturated carbocycles. The molecule has 1 aromatic heterocycles. The Morgan fingerprint density at radius 2 is 1.89 bits per heavy atom. The predicted octanol–water partition coefficient (Wildman–Crippen LogP) is 2.84. The highest BCUT2D eigenvalue weighted by molar-refractivity contribution is 5.79. The molecule has 6 nitrogen and oxygen atoms in total. The first-order chi connectivity index (χ1) is 13.4. The molecule has 1 heterocycles. The van der Waals surface area contributed by atoms with E-state index in [4.69, 9.17) is 0 Å². The van der Waals surface area contributed by atoms with Crippen molar-refractivity contribution in [1.29, 1.82) is 0 Å². The minimum atomic E-state index is -4.51. The summed E-state index contributed by atoms with van der Waals surface area (Å²) >= 11 is 0. The zero-order valence-electron chi connectivity index (χ0n) is 15.4. The summed E-state index contributed by atoms with van der Waals surface area (Å²) in [5.74, 6) is 0.171. The SMILES string of the molecule is CCNC(=NCCc1ccccc1F)NCCNc1nccc(C(F)(F)F)n1. The summed E-state index contributed by atoms with van der Waals surface area (Å²) in [5, 5.41) is 8.82. The summed E-state index contributed by atoms with van der Waals surface area (Å²) in [5.41, 5.74) is -0.411. The van der Waals surface area contributed by atoms with Crippen molar-refractivity contribution in [1.82, 2.24) is 20.6 Å². The molecule has 10 heteroatoms. The van der Waals surface area contributed by atoms with Crippen molar-refractivity contribution in [3.05, 3.63) is 53.6 Å². The van der Waals surface area contributed by atoms with Gasteiger partial charge >= 0.3 is 6.18 Å². The van der Waals surface area contributed by atoms with Crippen molar-refractivity contribution >= 4 is 11.9 Å². The number of alkyl halides is 3. The standard InChI is InChI=1S/C18H22F4N6/c1-2-23-16(24-9-7-13-5-3-4-6-14(13)19)26-11-12-27-17-25-10-8-15(28-17)18(20,21)22/h3-6,8,10H,2,7,9,11-12H2,1H3,(H2,23,24,26)(H,25,27,28). The number of halogens is 4. The predicted molar refractivity (Wildman–Crippen MR) is 99.6 cm³/mol. The number of hydrogen-bond acceptors (Lipinski definition) is 4. The maximum absolute atomic E-state index is 13.6. The van der Waals surface area contributed by atoms with Crippen molar-refractivity contribution in [2.24, 2.45) is 4.99 Å². The Balaban J connectivity index is 1.80. The first kappa shape index (κ1) is 21.4. The Kier molecular flexibility index (Phi) is 7.97. The van der Waals surface area contributed by atoms with Gasteiger partial charge in [-0.2, -0.15) is 13.2 Å². The molecule has 3 N–H and O–H groups in total. The number of hydrogen-bond donors (Lipinski definition) is 3. The minimum Gasteiger partial charge on any atom is -0.357 e. The van der Waals surface area contributed by atoms with Gasteiger partial charge in [0.15, 0.2) is 5.96 Å². The van der Waals surface area contributed by atoms with Crippen molar-refractivity contribution in [2.45, 2.75) is 19.5 Å². The maximum atomic E-state index is 13.6. The van der Waals surface area contributed by atoms with E-state index in [2.05, 4.69) is 30.9 Å². The number of anilines is 1. The summed E-state index contributed by atoms with van der Waals surface area (Å²) in [6, 6.07) is 7.34. The van der Waals surface area contributed by atoms with Gasteiger partial charge in [0, 0.05) is 32.4 Å². The number of guanidine groups is 1. The van der Waals surface area contributed by atoms with Crippen LogP contribution in [0.3, 0.4) is 0 Å². The topological polar surface area (TPSA) is 74.2 Å². The largest absolute Gasteiger partial charge is 0.433 e. The maximum Gasteiger partial charge on any atom is 0.433 e. The average Bonchev–Trinajstić information content (AvgIpc) is 2.66. The van der Waals surface area contributed by atoms with Gasteiger partial charge < -0.3 is 16.0 Å². The number of aliphatic imine (C=N–C) groups is 1. The monoisotopic (exact) mass is 398 g/mol. The first-order valence-corrected chi connectivity index (χ1v) is 8.80. The van der Waals surface area contributed by atoms with E-state index in [-0.39, 0.29) is 11.8 Å². The molecule has 0 unspecified atom stereocenters. The summed E-state index contributed by atoms with van der Waals surface area (Å²) in [6.07, 6.45) is -3.00. The Morgan fingerprint density at radius 3 is 2.61 bits per heavy atom. The third kappa shape index (κ3) is 7.01. The van der Waals surface area contributed by atoms with Crippen LogP contribution in [0.5, 0.6) is 0 Å². The van der Waals surface area contributed by atoms with E-state index in [9.17, 15) is 17.6 Å². The van der Waals surface area contributed by atoms with Crippen molar-refractivity contribution in [3.63, 3.8) is 0 Å². The third-order valence-electron chi connectivity index (χ3n) is 3.60. The van der Waals surface area contributed by atoms with E-state index in [1.165, 1.54) is 6.07 Å². The van der Waals surface area contributed by atoms with E-state index in [0.29, 0.717) is 44.1 Å². The fraction of sp³-hybridized carbons (Fsp3) is 0.389. The van der Waals surface area contributed by atoms with Crippen molar-refractivity contribution < 1.29 is 17.6 Å². The Bertz CT molecular complexity index is 779. The van der Waals surface area contributed by atoms with Crippen LogP contribution in [-0.4, -0.2) is 42.1 Å². The fourth-order valence-electron chi connectivity index (χ4n) is 2.29. The number of rotatable bonds is 8. The number of nitrogens with one attached hydrogen (secondary N) is 3. The van der Waals surface area contributed by atoms with Gasteiger partial charge in [-0.15, -0.1) is 0 Å². The van der Waals surface area contributed by atoms with E-state index in [0.717, 1.165) is 12.3 Å². The van der Waals surface area contributed by atoms with Crippen LogP contribution in [0, 0.1) is 5.82 Å². The second-order valence-corrected chi connectivity index (χ2v) is 5.72. The molecule has 0 saturated heterocycles. The summed E-state index contributed by atoms with van der Waals surface area (Å²) in [6.45, 7) is 3.60. The molecule has 0 amide bonds. The van der Waals surface area contributed by atoms with Gasteiger partial charge in [-0.05, 0) is 31.0 Å². The van der Waals surface area contributed by atoms with Gasteiger partial charge in [0.25, 0.3) is 0 Å². The molecule has 2 aromatic rings. The molecule has 152 valence electrons. The summed E-state index contributed by atoms with van der Waals surface area (Å²) in [4.78, 5) is 11.6. The van der Waals surface area contributed by atoms with Gasteiger partial charge in [0.05, 0.1) is 0 Å². The van der Waals surface area contributed by atoms with Crippen LogP contribution in [0.4, 0.5) is 23.5 Å². The fourth-order valence-corrected chi connectivity index (χ4v) is 2.29. The van der Waals surface area contributed by atoms with Crippen LogP contribution in [0.2, 0.25) is 0 Å². The molecule has 1 aromatic carbocycles.